The van der Waals surface area contributed by atoms with E-state index < -0.39 is 0 Å². The fraction of sp³-hybridized carbons (Fsp3) is 0.143. The predicted octanol–water partition coefficient (Wildman–Crippen LogP) is 3.99. The Morgan fingerprint density at radius 3 is 2.63 bits per heavy atom. The van der Waals surface area contributed by atoms with Crippen molar-refractivity contribution in [3.05, 3.63) is 68.9 Å². The van der Waals surface area contributed by atoms with Gasteiger partial charge in [0.15, 0.2) is 0 Å². The van der Waals surface area contributed by atoms with E-state index in [1.165, 1.54) is 6.07 Å². The molecule has 0 aliphatic heterocycles. The molecule has 0 aliphatic carbocycles. The summed E-state index contributed by atoms with van der Waals surface area (Å²) in [6.07, 6.45) is 0.435. The van der Waals surface area contributed by atoms with Gasteiger partial charge in [-0.2, -0.15) is 0 Å². The number of nitrogens with two attached hydrogens (primary N) is 1. The van der Waals surface area contributed by atoms with Crippen molar-refractivity contribution < 1.29 is 4.39 Å². The fourth-order valence-electron chi connectivity index (χ4n) is 1.93. The standard InChI is InChI=1S/C14H13BrClFN2/c15-10-5-6-11(12(16)8-10)14(19-18)7-9-3-1-2-4-13(9)17/h1-6,8,14,19H,7,18H2. The summed E-state index contributed by atoms with van der Waals surface area (Å²) in [7, 11) is 0. The van der Waals surface area contributed by atoms with Crippen LogP contribution in [0.1, 0.15) is 17.2 Å². The van der Waals surface area contributed by atoms with Crippen LogP contribution in [0, 0.1) is 5.82 Å². The molecule has 0 aromatic heterocycles. The summed E-state index contributed by atoms with van der Waals surface area (Å²) in [4.78, 5) is 0. The Kier molecular flexibility index (Phi) is 4.93. The smallest absolute Gasteiger partial charge is 0.126 e. The molecule has 3 N–H and O–H groups in total. The van der Waals surface area contributed by atoms with Crippen molar-refractivity contribution in [2.45, 2.75) is 12.5 Å². The zero-order chi connectivity index (χ0) is 13.8. The SMILES string of the molecule is NNC(Cc1ccccc1F)c1ccc(Br)cc1Cl. The highest BCUT2D eigenvalue weighted by molar-refractivity contribution is 9.10. The highest BCUT2D eigenvalue weighted by atomic mass is 79.9. The summed E-state index contributed by atoms with van der Waals surface area (Å²) < 4.78 is 14.5. The molecular formula is C14H13BrClFN2. The van der Waals surface area contributed by atoms with Crippen molar-refractivity contribution >= 4 is 27.5 Å². The number of hydrogen-bond acceptors (Lipinski definition) is 2. The van der Waals surface area contributed by atoms with Crippen LogP contribution in [0.25, 0.3) is 0 Å². The van der Waals surface area contributed by atoms with Crippen LogP contribution < -0.4 is 11.3 Å². The van der Waals surface area contributed by atoms with Gasteiger partial charge in [-0.05, 0) is 35.7 Å². The van der Waals surface area contributed by atoms with E-state index in [2.05, 4.69) is 21.4 Å². The van der Waals surface area contributed by atoms with Crippen LogP contribution in [0.15, 0.2) is 46.9 Å². The third-order valence-electron chi connectivity index (χ3n) is 2.92. The van der Waals surface area contributed by atoms with Gasteiger partial charge in [0, 0.05) is 9.50 Å². The molecule has 1 atom stereocenters. The second-order valence-electron chi connectivity index (χ2n) is 4.18. The second-order valence-corrected chi connectivity index (χ2v) is 5.50. The minimum Gasteiger partial charge on any atom is -0.271 e. The van der Waals surface area contributed by atoms with Gasteiger partial charge < -0.3 is 0 Å². The molecule has 1 unspecified atom stereocenters. The number of nitrogens with one attached hydrogen (secondary N) is 1. The van der Waals surface area contributed by atoms with Crippen molar-refractivity contribution in [2.75, 3.05) is 0 Å². The molecule has 2 aromatic rings. The van der Waals surface area contributed by atoms with Crippen molar-refractivity contribution in [1.82, 2.24) is 5.43 Å². The average molecular weight is 344 g/mol. The first-order valence-corrected chi connectivity index (χ1v) is 6.93. The Bertz CT molecular complexity index is 577. The van der Waals surface area contributed by atoms with Gasteiger partial charge in [-0.15, -0.1) is 0 Å². The molecule has 0 radical (unpaired) electrons. The fourth-order valence-corrected chi connectivity index (χ4v) is 2.73. The van der Waals surface area contributed by atoms with Crippen LogP contribution in [0.2, 0.25) is 5.02 Å². The van der Waals surface area contributed by atoms with Crippen LogP contribution in [-0.2, 0) is 6.42 Å². The van der Waals surface area contributed by atoms with E-state index in [1.807, 2.05) is 12.1 Å². The lowest BCUT2D eigenvalue weighted by Crippen LogP contribution is -2.30. The summed E-state index contributed by atoms with van der Waals surface area (Å²) >= 11 is 9.54. The lowest BCUT2D eigenvalue weighted by molar-refractivity contribution is 0.529. The van der Waals surface area contributed by atoms with E-state index in [9.17, 15) is 4.39 Å². The van der Waals surface area contributed by atoms with E-state index in [1.54, 1.807) is 24.3 Å². The molecular weight excluding hydrogens is 331 g/mol. The van der Waals surface area contributed by atoms with Gasteiger partial charge in [-0.25, -0.2) is 4.39 Å². The predicted molar refractivity (Wildman–Crippen MR) is 79.3 cm³/mol. The monoisotopic (exact) mass is 342 g/mol. The molecule has 0 heterocycles. The molecule has 19 heavy (non-hydrogen) atoms. The van der Waals surface area contributed by atoms with Crippen molar-refractivity contribution in [3.63, 3.8) is 0 Å². The van der Waals surface area contributed by atoms with Crippen LogP contribution in [0.3, 0.4) is 0 Å². The van der Waals surface area contributed by atoms with Gasteiger partial charge in [0.05, 0.1) is 6.04 Å². The molecule has 0 saturated heterocycles. The first kappa shape index (κ1) is 14.5. The zero-order valence-corrected chi connectivity index (χ0v) is 12.4. The van der Waals surface area contributed by atoms with Gasteiger partial charge in [0.2, 0.25) is 0 Å². The minimum atomic E-state index is -0.240. The molecule has 0 fully saturated rings. The minimum absolute atomic E-state index is 0.238. The van der Waals surface area contributed by atoms with E-state index in [0.717, 1.165) is 10.0 Å². The number of hydrazine groups is 1. The number of halogens is 3. The normalized spacial score (nSPS) is 12.4. The summed E-state index contributed by atoms with van der Waals surface area (Å²) in [5, 5.41) is 0.591. The molecule has 2 nitrogen and oxygen atoms in total. The Morgan fingerprint density at radius 1 is 1.26 bits per heavy atom. The topological polar surface area (TPSA) is 38.0 Å². The second kappa shape index (κ2) is 6.48. The van der Waals surface area contributed by atoms with Crippen molar-refractivity contribution in [1.29, 1.82) is 0 Å². The van der Waals surface area contributed by atoms with E-state index >= 15 is 0 Å². The van der Waals surface area contributed by atoms with Gasteiger partial charge in [-0.3, -0.25) is 11.3 Å². The molecule has 2 rings (SSSR count). The Morgan fingerprint density at radius 2 is 2.00 bits per heavy atom. The zero-order valence-electron chi connectivity index (χ0n) is 10.0. The van der Waals surface area contributed by atoms with Crippen LogP contribution in [-0.4, -0.2) is 0 Å². The summed E-state index contributed by atoms with van der Waals surface area (Å²) in [5.41, 5.74) is 4.13. The molecule has 5 heteroatoms. The largest absolute Gasteiger partial charge is 0.271 e. The lowest BCUT2D eigenvalue weighted by atomic mass is 9.99. The molecule has 2 aromatic carbocycles. The summed E-state index contributed by atoms with van der Waals surface area (Å²) in [6.45, 7) is 0. The first-order valence-electron chi connectivity index (χ1n) is 5.76. The highest BCUT2D eigenvalue weighted by Gasteiger charge is 2.15. The third kappa shape index (κ3) is 3.54. The van der Waals surface area contributed by atoms with Gasteiger partial charge in [-0.1, -0.05) is 51.8 Å². The van der Waals surface area contributed by atoms with E-state index in [4.69, 9.17) is 17.4 Å². The molecule has 0 spiro atoms. The van der Waals surface area contributed by atoms with E-state index in [-0.39, 0.29) is 11.9 Å². The van der Waals surface area contributed by atoms with Gasteiger partial charge >= 0.3 is 0 Å². The third-order valence-corrected chi connectivity index (χ3v) is 3.74. The van der Waals surface area contributed by atoms with Crippen LogP contribution in [0.4, 0.5) is 4.39 Å². The molecule has 100 valence electrons. The maximum Gasteiger partial charge on any atom is 0.126 e. The van der Waals surface area contributed by atoms with E-state index in [0.29, 0.717) is 17.0 Å². The van der Waals surface area contributed by atoms with Crippen LogP contribution in [0.5, 0.6) is 0 Å². The Hall–Kier alpha value is -0.940. The maximum absolute atomic E-state index is 13.7. The number of rotatable bonds is 4. The molecule has 0 bridgehead atoms. The summed E-state index contributed by atoms with van der Waals surface area (Å²) in [6, 6.07) is 12.0. The molecule has 0 aliphatic rings. The molecule has 0 amide bonds. The highest BCUT2D eigenvalue weighted by Crippen LogP contribution is 2.28. The Balaban J connectivity index is 2.28. The average Bonchev–Trinajstić information content (AvgIpc) is 2.39. The van der Waals surface area contributed by atoms with Crippen molar-refractivity contribution in [2.24, 2.45) is 5.84 Å². The Labute approximate surface area is 124 Å². The maximum atomic E-state index is 13.7. The quantitative estimate of drug-likeness (QED) is 0.651. The lowest BCUT2D eigenvalue weighted by Gasteiger charge is -2.18. The van der Waals surface area contributed by atoms with Crippen LogP contribution >= 0.6 is 27.5 Å². The molecule has 0 saturated carbocycles. The summed E-state index contributed by atoms with van der Waals surface area (Å²) in [5.74, 6) is 5.33. The van der Waals surface area contributed by atoms with Gasteiger partial charge in [0.25, 0.3) is 0 Å². The van der Waals surface area contributed by atoms with Crippen molar-refractivity contribution in [3.8, 4) is 0 Å². The van der Waals surface area contributed by atoms with Gasteiger partial charge in [0.1, 0.15) is 5.82 Å². The number of benzene rings is 2. The first-order chi connectivity index (χ1) is 9.11. The number of hydrogen-bond donors (Lipinski definition) is 2.